The zero-order valence-corrected chi connectivity index (χ0v) is 8.23. The van der Waals surface area contributed by atoms with Crippen LogP contribution in [0.25, 0.3) is 0 Å². The van der Waals surface area contributed by atoms with E-state index in [2.05, 4.69) is 4.98 Å². The highest BCUT2D eigenvalue weighted by molar-refractivity contribution is 6.08. The van der Waals surface area contributed by atoms with Crippen LogP contribution in [0, 0.1) is 0 Å². The van der Waals surface area contributed by atoms with Crippen molar-refractivity contribution >= 4 is 5.78 Å². The van der Waals surface area contributed by atoms with Crippen molar-refractivity contribution in [1.82, 2.24) is 4.98 Å². The van der Waals surface area contributed by atoms with Gasteiger partial charge in [0.25, 0.3) is 0 Å². The number of nitrogens with two attached hydrogens (primary N) is 1. The first-order valence-corrected chi connectivity index (χ1v) is 4.78. The molecule has 0 saturated heterocycles. The zero-order valence-electron chi connectivity index (χ0n) is 8.23. The molecule has 0 spiro atoms. The summed E-state index contributed by atoms with van der Waals surface area (Å²) >= 11 is 0. The fourth-order valence-corrected chi connectivity index (χ4v) is 1.45. The van der Waals surface area contributed by atoms with Gasteiger partial charge in [0.15, 0.2) is 5.78 Å². The number of nitrogens with one attached hydrogen (secondary N) is 1. The van der Waals surface area contributed by atoms with Crippen LogP contribution >= 0.6 is 0 Å². The molecule has 0 aliphatic heterocycles. The highest BCUT2D eigenvalue weighted by Gasteiger charge is 2.09. The zero-order chi connectivity index (χ0) is 10.7. The summed E-state index contributed by atoms with van der Waals surface area (Å²) in [5.41, 5.74) is 7.68. The van der Waals surface area contributed by atoms with Gasteiger partial charge >= 0.3 is 0 Å². The minimum absolute atomic E-state index is 0.0200. The molecule has 0 aliphatic carbocycles. The highest BCUT2D eigenvalue weighted by Crippen LogP contribution is 2.10. The monoisotopic (exact) mass is 200 g/mol. The lowest BCUT2D eigenvalue weighted by atomic mass is 10.1. The Labute approximate surface area is 87.9 Å². The molecule has 0 aliphatic rings. The van der Waals surface area contributed by atoms with Crippen LogP contribution in [0.5, 0.6) is 0 Å². The van der Waals surface area contributed by atoms with Crippen LogP contribution in [0.2, 0.25) is 0 Å². The van der Waals surface area contributed by atoms with Crippen LogP contribution in [-0.4, -0.2) is 10.8 Å². The van der Waals surface area contributed by atoms with Crippen LogP contribution in [0.4, 0.5) is 0 Å². The summed E-state index contributed by atoms with van der Waals surface area (Å²) in [6, 6.07) is 11.0. The fraction of sp³-hybridized carbons (Fsp3) is 0.0833. The maximum Gasteiger partial charge on any atom is 0.194 e. The molecule has 0 amide bonds. The summed E-state index contributed by atoms with van der Waals surface area (Å²) in [4.78, 5) is 14.9. The summed E-state index contributed by atoms with van der Waals surface area (Å²) in [7, 11) is 0. The SMILES string of the molecule is NCc1cc(C(=O)c2ccccc2)c[nH]1. The Morgan fingerprint density at radius 3 is 2.53 bits per heavy atom. The van der Waals surface area contributed by atoms with Crippen LogP contribution < -0.4 is 5.73 Å². The van der Waals surface area contributed by atoms with E-state index in [0.29, 0.717) is 17.7 Å². The third kappa shape index (κ3) is 1.97. The second-order valence-corrected chi connectivity index (χ2v) is 3.31. The van der Waals surface area contributed by atoms with Gasteiger partial charge in [-0.3, -0.25) is 4.79 Å². The smallest absolute Gasteiger partial charge is 0.194 e. The number of H-pyrrole nitrogens is 1. The number of aromatic amines is 1. The Hall–Kier alpha value is -1.87. The first kappa shape index (κ1) is 9.68. The van der Waals surface area contributed by atoms with Crippen molar-refractivity contribution in [2.75, 3.05) is 0 Å². The lowest BCUT2D eigenvalue weighted by molar-refractivity contribution is 0.103. The Kier molecular flexibility index (Phi) is 2.65. The second kappa shape index (κ2) is 4.11. The molecule has 3 nitrogen and oxygen atoms in total. The van der Waals surface area contributed by atoms with Crippen molar-refractivity contribution in [2.24, 2.45) is 5.73 Å². The molecule has 76 valence electrons. The van der Waals surface area contributed by atoms with Crippen LogP contribution in [0.1, 0.15) is 21.6 Å². The largest absolute Gasteiger partial charge is 0.363 e. The minimum atomic E-state index is 0.0200. The molecular formula is C12H12N2O. The molecule has 3 N–H and O–H groups in total. The highest BCUT2D eigenvalue weighted by atomic mass is 16.1. The van der Waals surface area contributed by atoms with E-state index in [9.17, 15) is 4.79 Å². The van der Waals surface area contributed by atoms with Gasteiger partial charge in [-0.2, -0.15) is 0 Å². The normalized spacial score (nSPS) is 10.2. The number of carbonyl (C=O) groups excluding carboxylic acids is 1. The molecule has 2 aromatic rings. The van der Waals surface area contributed by atoms with E-state index in [0.717, 1.165) is 5.69 Å². The van der Waals surface area contributed by atoms with Crippen molar-refractivity contribution in [3.63, 3.8) is 0 Å². The predicted octanol–water partition coefficient (Wildman–Crippen LogP) is 1.70. The van der Waals surface area contributed by atoms with Crippen molar-refractivity contribution in [2.45, 2.75) is 6.54 Å². The molecule has 2 rings (SSSR count). The lowest BCUT2D eigenvalue weighted by Crippen LogP contribution is -1.99. The fourth-order valence-electron chi connectivity index (χ4n) is 1.45. The summed E-state index contributed by atoms with van der Waals surface area (Å²) in [6.07, 6.45) is 1.69. The molecule has 1 aromatic carbocycles. The molecule has 0 saturated carbocycles. The van der Waals surface area contributed by atoms with Crippen LogP contribution in [0.15, 0.2) is 42.6 Å². The quantitative estimate of drug-likeness (QED) is 0.741. The maximum absolute atomic E-state index is 11.9. The Bertz CT molecular complexity index is 459. The molecule has 1 heterocycles. The molecule has 0 atom stereocenters. The number of ketones is 1. The molecule has 0 radical (unpaired) electrons. The summed E-state index contributed by atoms with van der Waals surface area (Å²) < 4.78 is 0. The van der Waals surface area contributed by atoms with E-state index in [-0.39, 0.29) is 5.78 Å². The first-order valence-electron chi connectivity index (χ1n) is 4.78. The number of hydrogen-bond donors (Lipinski definition) is 2. The third-order valence-electron chi connectivity index (χ3n) is 2.26. The van der Waals surface area contributed by atoms with E-state index < -0.39 is 0 Å². The maximum atomic E-state index is 11.9. The molecule has 0 fully saturated rings. The molecule has 1 aromatic heterocycles. The lowest BCUT2D eigenvalue weighted by Gasteiger charge is -1.96. The Morgan fingerprint density at radius 1 is 1.20 bits per heavy atom. The molecule has 3 heteroatoms. The summed E-state index contributed by atoms with van der Waals surface area (Å²) in [5, 5.41) is 0. The van der Waals surface area contributed by atoms with Crippen LogP contribution in [0.3, 0.4) is 0 Å². The second-order valence-electron chi connectivity index (χ2n) is 3.31. The average molecular weight is 200 g/mol. The molecule has 0 bridgehead atoms. The van der Waals surface area contributed by atoms with E-state index in [1.54, 1.807) is 24.4 Å². The number of carbonyl (C=O) groups is 1. The van der Waals surface area contributed by atoms with Crippen molar-refractivity contribution < 1.29 is 4.79 Å². The van der Waals surface area contributed by atoms with Gasteiger partial charge in [-0.15, -0.1) is 0 Å². The minimum Gasteiger partial charge on any atom is -0.363 e. The number of aromatic nitrogens is 1. The molecule has 15 heavy (non-hydrogen) atoms. The third-order valence-corrected chi connectivity index (χ3v) is 2.26. The number of rotatable bonds is 3. The number of benzene rings is 1. The Balaban J connectivity index is 2.29. The van der Waals surface area contributed by atoms with Gasteiger partial charge in [0, 0.05) is 29.6 Å². The first-order chi connectivity index (χ1) is 7.31. The summed E-state index contributed by atoms with van der Waals surface area (Å²) in [5.74, 6) is 0.0200. The van der Waals surface area contributed by atoms with E-state index in [1.807, 2.05) is 18.2 Å². The Morgan fingerprint density at radius 2 is 1.93 bits per heavy atom. The van der Waals surface area contributed by atoms with Crippen molar-refractivity contribution in [3.05, 3.63) is 59.4 Å². The van der Waals surface area contributed by atoms with Crippen LogP contribution in [-0.2, 0) is 6.54 Å². The van der Waals surface area contributed by atoms with Crippen molar-refractivity contribution in [1.29, 1.82) is 0 Å². The number of hydrogen-bond acceptors (Lipinski definition) is 2. The standard InChI is InChI=1S/C12H12N2O/c13-7-11-6-10(8-14-11)12(15)9-4-2-1-3-5-9/h1-6,8,14H,7,13H2. The van der Waals surface area contributed by atoms with Gasteiger partial charge in [-0.1, -0.05) is 30.3 Å². The van der Waals surface area contributed by atoms with Crippen molar-refractivity contribution in [3.8, 4) is 0 Å². The topological polar surface area (TPSA) is 58.9 Å². The average Bonchev–Trinajstić information content (AvgIpc) is 2.78. The summed E-state index contributed by atoms with van der Waals surface area (Å²) in [6.45, 7) is 0.419. The van der Waals surface area contributed by atoms with E-state index in [1.165, 1.54) is 0 Å². The van der Waals surface area contributed by atoms with Gasteiger partial charge in [-0.05, 0) is 6.07 Å². The van der Waals surface area contributed by atoms with E-state index >= 15 is 0 Å². The molecule has 0 unspecified atom stereocenters. The van der Waals surface area contributed by atoms with Gasteiger partial charge in [0.05, 0.1) is 0 Å². The van der Waals surface area contributed by atoms with Gasteiger partial charge < -0.3 is 10.7 Å². The predicted molar refractivity (Wildman–Crippen MR) is 58.6 cm³/mol. The molecular weight excluding hydrogens is 188 g/mol. The van der Waals surface area contributed by atoms with E-state index in [4.69, 9.17) is 5.73 Å². The van der Waals surface area contributed by atoms with Gasteiger partial charge in [-0.25, -0.2) is 0 Å². The van der Waals surface area contributed by atoms with Gasteiger partial charge in [0.1, 0.15) is 0 Å². The van der Waals surface area contributed by atoms with Gasteiger partial charge in [0.2, 0.25) is 0 Å².